The lowest BCUT2D eigenvalue weighted by Crippen LogP contribution is -2.55. The van der Waals surface area contributed by atoms with Gasteiger partial charge >= 0.3 is 0 Å². The maximum absolute atomic E-state index is 12.3. The number of benzene rings is 1. The number of piperazine rings is 1. The zero-order chi connectivity index (χ0) is 16.7. The number of ether oxygens (including phenoxy) is 2. The minimum absolute atomic E-state index is 0.215. The fourth-order valence-corrected chi connectivity index (χ4v) is 2.94. The second kappa shape index (κ2) is 8.77. The van der Waals surface area contributed by atoms with Crippen molar-refractivity contribution in [1.29, 1.82) is 0 Å². The molecule has 1 fully saturated rings. The zero-order valence-corrected chi connectivity index (χ0v) is 14.4. The first-order valence-electron chi connectivity index (χ1n) is 8.48. The van der Waals surface area contributed by atoms with Crippen molar-refractivity contribution in [3.05, 3.63) is 24.3 Å². The number of carbonyl (C=O) groups is 1. The molecule has 0 saturated carbocycles. The van der Waals surface area contributed by atoms with Crippen LogP contribution in [0.1, 0.15) is 33.6 Å². The number of nitrogens with one attached hydrogen (secondary N) is 1. The van der Waals surface area contributed by atoms with Gasteiger partial charge in [0.25, 0.3) is 0 Å². The molecule has 0 aliphatic carbocycles. The summed E-state index contributed by atoms with van der Waals surface area (Å²) in [6, 6.07) is 8.36. The van der Waals surface area contributed by atoms with Gasteiger partial charge in [0, 0.05) is 31.6 Å². The van der Waals surface area contributed by atoms with Crippen LogP contribution in [0.5, 0.6) is 11.5 Å². The minimum atomic E-state index is 0.215. The number of para-hydroxylation sites is 2. The highest BCUT2D eigenvalue weighted by Crippen LogP contribution is 2.26. The molecule has 2 rings (SSSR count). The Balaban J connectivity index is 1.74. The number of nitrogens with zero attached hydrogens (tertiary/aromatic N) is 1. The van der Waals surface area contributed by atoms with Gasteiger partial charge in [-0.1, -0.05) is 12.1 Å². The maximum Gasteiger partial charge on any atom is 0.222 e. The summed E-state index contributed by atoms with van der Waals surface area (Å²) >= 11 is 0. The normalized spacial score (nSPS) is 21.1. The van der Waals surface area contributed by atoms with E-state index in [0.29, 0.717) is 38.1 Å². The standard InChI is InChI=1S/C18H28N2O3/c1-4-22-16-8-5-6-9-17(16)23-11-7-10-18(21)20-12-14(2)19-15(3)13-20/h5-6,8-9,14-15,19H,4,7,10-13H2,1-3H3/t14-,15+. The molecule has 1 aromatic carbocycles. The molecule has 5 heteroatoms. The summed E-state index contributed by atoms with van der Waals surface area (Å²) in [5, 5.41) is 3.44. The third kappa shape index (κ3) is 5.43. The molecule has 1 aliphatic heterocycles. The predicted molar refractivity (Wildman–Crippen MR) is 91.0 cm³/mol. The van der Waals surface area contributed by atoms with Crippen molar-refractivity contribution in [2.24, 2.45) is 0 Å². The van der Waals surface area contributed by atoms with Crippen molar-refractivity contribution < 1.29 is 14.3 Å². The van der Waals surface area contributed by atoms with E-state index in [1.807, 2.05) is 36.1 Å². The molecule has 0 aromatic heterocycles. The molecule has 128 valence electrons. The third-order valence-corrected chi connectivity index (χ3v) is 3.85. The maximum atomic E-state index is 12.3. The van der Waals surface area contributed by atoms with Crippen molar-refractivity contribution in [3.8, 4) is 11.5 Å². The molecule has 1 aromatic rings. The Morgan fingerprint density at radius 2 is 1.78 bits per heavy atom. The van der Waals surface area contributed by atoms with E-state index >= 15 is 0 Å². The first kappa shape index (κ1) is 17.6. The Morgan fingerprint density at radius 1 is 1.17 bits per heavy atom. The van der Waals surface area contributed by atoms with Gasteiger partial charge in [-0.3, -0.25) is 4.79 Å². The Labute approximate surface area is 139 Å². The Bertz CT molecular complexity index is 497. The van der Waals surface area contributed by atoms with Crippen LogP contribution in [0, 0.1) is 0 Å². The fraction of sp³-hybridized carbons (Fsp3) is 0.611. The number of rotatable bonds is 7. The Hall–Kier alpha value is -1.75. The van der Waals surface area contributed by atoms with Crippen molar-refractivity contribution in [2.45, 2.75) is 45.7 Å². The SMILES string of the molecule is CCOc1ccccc1OCCCC(=O)N1C[C@@H](C)N[C@@H](C)C1. The van der Waals surface area contributed by atoms with E-state index < -0.39 is 0 Å². The van der Waals surface area contributed by atoms with E-state index in [-0.39, 0.29) is 5.91 Å². The molecule has 0 spiro atoms. The molecule has 1 N–H and O–H groups in total. The quantitative estimate of drug-likeness (QED) is 0.784. The molecule has 0 radical (unpaired) electrons. The average molecular weight is 320 g/mol. The highest BCUT2D eigenvalue weighted by Gasteiger charge is 2.24. The summed E-state index contributed by atoms with van der Waals surface area (Å²) in [6.07, 6.45) is 1.24. The average Bonchev–Trinajstić information content (AvgIpc) is 2.52. The van der Waals surface area contributed by atoms with Gasteiger partial charge in [-0.15, -0.1) is 0 Å². The molecule has 1 heterocycles. The van der Waals surface area contributed by atoms with Crippen LogP contribution in [0.4, 0.5) is 0 Å². The molecular weight excluding hydrogens is 292 g/mol. The van der Waals surface area contributed by atoms with Gasteiger partial charge in [-0.2, -0.15) is 0 Å². The lowest BCUT2D eigenvalue weighted by atomic mass is 10.1. The van der Waals surface area contributed by atoms with Gasteiger partial charge in [0.2, 0.25) is 5.91 Å². The number of carbonyl (C=O) groups excluding carboxylic acids is 1. The van der Waals surface area contributed by atoms with E-state index in [1.165, 1.54) is 0 Å². The van der Waals surface area contributed by atoms with E-state index in [4.69, 9.17) is 9.47 Å². The molecule has 23 heavy (non-hydrogen) atoms. The molecular formula is C18H28N2O3. The third-order valence-electron chi connectivity index (χ3n) is 3.85. The van der Waals surface area contributed by atoms with Gasteiger partial charge in [0.05, 0.1) is 13.2 Å². The predicted octanol–water partition coefficient (Wildman–Crippen LogP) is 2.45. The van der Waals surface area contributed by atoms with Crippen molar-refractivity contribution >= 4 is 5.91 Å². The van der Waals surface area contributed by atoms with E-state index in [0.717, 1.165) is 24.6 Å². The smallest absolute Gasteiger partial charge is 0.222 e. The highest BCUT2D eigenvalue weighted by atomic mass is 16.5. The van der Waals surface area contributed by atoms with Crippen molar-refractivity contribution in [3.63, 3.8) is 0 Å². The fourth-order valence-electron chi connectivity index (χ4n) is 2.94. The molecule has 1 aliphatic rings. The summed E-state index contributed by atoms with van der Waals surface area (Å²) in [5.41, 5.74) is 0. The van der Waals surface area contributed by atoms with Crippen LogP contribution in [0.15, 0.2) is 24.3 Å². The number of amides is 1. The molecule has 1 saturated heterocycles. The lowest BCUT2D eigenvalue weighted by molar-refractivity contribution is -0.133. The molecule has 1 amide bonds. The summed E-state index contributed by atoms with van der Waals surface area (Å²) in [6.45, 7) is 8.89. The summed E-state index contributed by atoms with van der Waals surface area (Å²) < 4.78 is 11.3. The van der Waals surface area contributed by atoms with Gasteiger partial charge in [0.1, 0.15) is 0 Å². The first-order chi connectivity index (χ1) is 11.1. The molecule has 0 unspecified atom stereocenters. The summed E-state index contributed by atoms with van der Waals surface area (Å²) in [5.74, 6) is 1.71. The van der Waals surface area contributed by atoms with Crippen LogP contribution in [0.25, 0.3) is 0 Å². The number of hydrogen-bond donors (Lipinski definition) is 1. The second-order valence-corrected chi connectivity index (χ2v) is 6.10. The van der Waals surface area contributed by atoms with E-state index in [9.17, 15) is 4.79 Å². The second-order valence-electron chi connectivity index (χ2n) is 6.10. The summed E-state index contributed by atoms with van der Waals surface area (Å²) in [7, 11) is 0. The van der Waals surface area contributed by atoms with Gasteiger partial charge in [-0.25, -0.2) is 0 Å². The minimum Gasteiger partial charge on any atom is -0.490 e. The van der Waals surface area contributed by atoms with Crippen molar-refractivity contribution in [2.75, 3.05) is 26.3 Å². The van der Waals surface area contributed by atoms with E-state index in [2.05, 4.69) is 19.2 Å². The number of hydrogen-bond acceptors (Lipinski definition) is 4. The monoisotopic (exact) mass is 320 g/mol. The Kier molecular flexibility index (Phi) is 6.71. The molecule has 2 atom stereocenters. The van der Waals surface area contributed by atoms with E-state index in [1.54, 1.807) is 0 Å². The van der Waals surface area contributed by atoms with Crippen LogP contribution in [-0.4, -0.2) is 49.2 Å². The van der Waals surface area contributed by atoms with Crippen LogP contribution < -0.4 is 14.8 Å². The first-order valence-corrected chi connectivity index (χ1v) is 8.48. The largest absolute Gasteiger partial charge is 0.490 e. The van der Waals surface area contributed by atoms with Crippen LogP contribution in [0.2, 0.25) is 0 Å². The topological polar surface area (TPSA) is 50.8 Å². The van der Waals surface area contributed by atoms with Crippen LogP contribution in [0.3, 0.4) is 0 Å². The Morgan fingerprint density at radius 3 is 2.39 bits per heavy atom. The molecule has 5 nitrogen and oxygen atoms in total. The van der Waals surface area contributed by atoms with Crippen molar-refractivity contribution in [1.82, 2.24) is 10.2 Å². The zero-order valence-electron chi connectivity index (χ0n) is 14.4. The van der Waals surface area contributed by atoms with Gasteiger partial charge in [-0.05, 0) is 39.3 Å². The van der Waals surface area contributed by atoms with Crippen LogP contribution in [-0.2, 0) is 4.79 Å². The lowest BCUT2D eigenvalue weighted by Gasteiger charge is -2.36. The molecule has 0 bridgehead atoms. The van der Waals surface area contributed by atoms with Gasteiger partial charge in [0.15, 0.2) is 11.5 Å². The summed E-state index contributed by atoms with van der Waals surface area (Å²) in [4.78, 5) is 14.2. The van der Waals surface area contributed by atoms with Gasteiger partial charge < -0.3 is 19.7 Å². The highest BCUT2D eigenvalue weighted by molar-refractivity contribution is 5.76. The van der Waals surface area contributed by atoms with Crippen LogP contribution >= 0.6 is 0 Å².